The Morgan fingerprint density at radius 3 is 2.95 bits per heavy atom. The minimum atomic E-state index is 0.635. The lowest BCUT2D eigenvalue weighted by Crippen LogP contribution is -2.00. The molecule has 0 aliphatic heterocycles. The van der Waals surface area contributed by atoms with Gasteiger partial charge in [0.1, 0.15) is 5.69 Å². The molecule has 0 bridgehead atoms. The highest BCUT2D eigenvalue weighted by Crippen LogP contribution is 2.17. The van der Waals surface area contributed by atoms with Crippen LogP contribution in [0.1, 0.15) is 11.1 Å². The molecule has 4 heteroatoms. The first-order valence-corrected chi connectivity index (χ1v) is 5.91. The number of nitriles is 1. The first-order chi connectivity index (χ1) is 9.35. The van der Waals surface area contributed by atoms with Crippen molar-refractivity contribution in [3.8, 4) is 17.5 Å². The molecule has 0 radical (unpaired) electrons. The summed E-state index contributed by atoms with van der Waals surface area (Å²) in [5.74, 6) is 0.754. The third kappa shape index (κ3) is 2.40. The van der Waals surface area contributed by atoms with Crippen molar-refractivity contribution in [3.05, 3.63) is 66.1 Å². The standard InChI is InChI=1S/C15H11N3O/c16-10-12-3-1-4-13(9-12)11-18-7-6-14(17-18)15-5-2-8-19-15/h1-9H,11H2. The highest BCUT2D eigenvalue weighted by molar-refractivity contribution is 5.50. The Balaban J connectivity index is 1.82. The Morgan fingerprint density at radius 1 is 1.21 bits per heavy atom. The molecule has 2 aromatic heterocycles. The van der Waals surface area contributed by atoms with Crippen LogP contribution in [0, 0.1) is 11.3 Å². The third-order valence-electron chi connectivity index (χ3n) is 2.81. The lowest BCUT2D eigenvalue weighted by atomic mass is 10.1. The van der Waals surface area contributed by atoms with E-state index in [1.54, 1.807) is 12.3 Å². The average molecular weight is 249 g/mol. The van der Waals surface area contributed by atoms with Crippen LogP contribution in [0.2, 0.25) is 0 Å². The van der Waals surface area contributed by atoms with E-state index in [1.165, 1.54) is 0 Å². The Labute approximate surface area is 110 Å². The Hall–Kier alpha value is -2.80. The van der Waals surface area contributed by atoms with Crippen molar-refractivity contribution in [2.45, 2.75) is 6.54 Å². The van der Waals surface area contributed by atoms with E-state index in [4.69, 9.17) is 9.68 Å². The van der Waals surface area contributed by atoms with Gasteiger partial charge in [-0.05, 0) is 35.9 Å². The number of nitrogens with zero attached hydrogens (tertiary/aromatic N) is 3. The molecule has 0 aliphatic rings. The summed E-state index contributed by atoms with van der Waals surface area (Å²) in [5, 5.41) is 13.3. The molecule has 19 heavy (non-hydrogen) atoms. The van der Waals surface area contributed by atoms with Crippen LogP contribution >= 0.6 is 0 Å². The predicted octanol–water partition coefficient (Wildman–Crippen LogP) is 3.06. The highest BCUT2D eigenvalue weighted by Gasteiger charge is 2.05. The quantitative estimate of drug-likeness (QED) is 0.716. The molecule has 0 fully saturated rings. The summed E-state index contributed by atoms with van der Waals surface area (Å²) < 4.78 is 7.13. The van der Waals surface area contributed by atoms with E-state index in [-0.39, 0.29) is 0 Å². The fraction of sp³-hybridized carbons (Fsp3) is 0.0667. The van der Waals surface area contributed by atoms with Gasteiger partial charge in [0.15, 0.2) is 5.76 Å². The molecule has 92 valence electrons. The second-order valence-corrected chi connectivity index (χ2v) is 4.19. The van der Waals surface area contributed by atoms with Gasteiger partial charge in [-0.25, -0.2) is 0 Å². The van der Waals surface area contributed by atoms with Crippen LogP contribution in [0.5, 0.6) is 0 Å². The molecule has 0 atom stereocenters. The van der Waals surface area contributed by atoms with Gasteiger partial charge < -0.3 is 4.42 Å². The molecule has 0 amide bonds. The van der Waals surface area contributed by atoms with Gasteiger partial charge in [0.2, 0.25) is 0 Å². The number of benzene rings is 1. The maximum atomic E-state index is 8.87. The first-order valence-electron chi connectivity index (χ1n) is 5.91. The number of furan rings is 1. The molecule has 3 rings (SSSR count). The topological polar surface area (TPSA) is 54.8 Å². The van der Waals surface area contributed by atoms with Crippen molar-refractivity contribution >= 4 is 0 Å². The fourth-order valence-corrected chi connectivity index (χ4v) is 1.93. The Kier molecular flexibility index (Phi) is 2.87. The first kappa shape index (κ1) is 11.3. The minimum absolute atomic E-state index is 0.635. The van der Waals surface area contributed by atoms with Gasteiger partial charge in [0.05, 0.1) is 24.4 Å². The van der Waals surface area contributed by atoms with Gasteiger partial charge >= 0.3 is 0 Å². The largest absolute Gasteiger partial charge is 0.463 e. The molecule has 1 aromatic carbocycles. The Bertz CT molecular complexity index is 720. The average Bonchev–Trinajstić information content (AvgIpc) is 3.09. The number of rotatable bonds is 3. The lowest BCUT2D eigenvalue weighted by molar-refractivity contribution is 0.576. The maximum Gasteiger partial charge on any atom is 0.154 e. The van der Waals surface area contributed by atoms with E-state index < -0.39 is 0 Å². The SMILES string of the molecule is N#Cc1cccc(Cn2ccc(-c3ccco3)n2)c1. The molecule has 0 saturated carbocycles. The van der Waals surface area contributed by atoms with Crippen molar-refractivity contribution < 1.29 is 4.42 Å². The van der Waals surface area contributed by atoms with Crippen LogP contribution in [0.25, 0.3) is 11.5 Å². The maximum absolute atomic E-state index is 8.87. The zero-order chi connectivity index (χ0) is 13.1. The zero-order valence-corrected chi connectivity index (χ0v) is 10.2. The smallest absolute Gasteiger partial charge is 0.154 e. The summed E-state index contributed by atoms with van der Waals surface area (Å²) in [4.78, 5) is 0. The van der Waals surface area contributed by atoms with Crippen molar-refractivity contribution in [1.29, 1.82) is 5.26 Å². The van der Waals surface area contributed by atoms with E-state index in [1.807, 2.05) is 47.3 Å². The number of hydrogen-bond donors (Lipinski definition) is 0. The minimum Gasteiger partial charge on any atom is -0.463 e. The van der Waals surface area contributed by atoms with E-state index in [0.717, 1.165) is 17.0 Å². The van der Waals surface area contributed by atoms with Gasteiger partial charge in [0, 0.05) is 6.20 Å². The van der Waals surface area contributed by atoms with Crippen LogP contribution in [0.3, 0.4) is 0 Å². The normalized spacial score (nSPS) is 10.3. The van der Waals surface area contributed by atoms with Crippen LogP contribution in [-0.2, 0) is 6.54 Å². The summed E-state index contributed by atoms with van der Waals surface area (Å²) in [5.41, 5.74) is 2.52. The lowest BCUT2D eigenvalue weighted by Gasteiger charge is -2.02. The third-order valence-corrected chi connectivity index (χ3v) is 2.81. The summed E-state index contributed by atoms with van der Waals surface area (Å²) in [6.07, 6.45) is 3.53. The summed E-state index contributed by atoms with van der Waals surface area (Å²) >= 11 is 0. The summed E-state index contributed by atoms with van der Waals surface area (Å²) in [7, 11) is 0. The molecule has 0 unspecified atom stereocenters. The molecule has 0 aliphatic carbocycles. The second kappa shape index (κ2) is 4.83. The van der Waals surface area contributed by atoms with Crippen molar-refractivity contribution in [3.63, 3.8) is 0 Å². The molecular formula is C15H11N3O. The van der Waals surface area contributed by atoms with Gasteiger partial charge in [-0.1, -0.05) is 12.1 Å². The molecular weight excluding hydrogens is 238 g/mol. The fourth-order valence-electron chi connectivity index (χ4n) is 1.93. The van der Waals surface area contributed by atoms with Crippen molar-refractivity contribution in [1.82, 2.24) is 9.78 Å². The van der Waals surface area contributed by atoms with E-state index in [2.05, 4.69) is 11.2 Å². The van der Waals surface area contributed by atoms with E-state index >= 15 is 0 Å². The zero-order valence-electron chi connectivity index (χ0n) is 10.2. The van der Waals surface area contributed by atoms with Crippen LogP contribution in [-0.4, -0.2) is 9.78 Å². The van der Waals surface area contributed by atoms with Crippen LogP contribution in [0.4, 0.5) is 0 Å². The molecule has 4 nitrogen and oxygen atoms in total. The Morgan fingerprint density at radius 2 is 2.16 bits per heavy atom. The van der Waals surface area contributed by atoms with Gasteiger partial charge in [0.25, 0.3) is 0 Å². The van der Waals surface area contributed by atoms with E-state index in [0.29, 0.717) is 12.1 Å². The second-order valence-electron chi connectivity index (χ2n) is 4.19. The summed E-state index contributed by atoms with van der Waals surface area (Å²) in [6, 6.07) is 15.3. The predicted molar refractivity (Wildman–Crippen MR) is 70.2 cm³/mol. The number of aromatic nitrogens is 2. The molecule has 0 spiro atoms. The molecule has 0 N–H and O–H groups in total. The number of hydrogen-bond acceptors (Lipinski definition) is 3. The highest BCUT2D eigenvalue weighted by atomic mass is 16.3. The molecule has 0 saturated heterocycles. The van der Waals surface area contributed by atoms with E-state index in [9.17, 15) is 0 Å². The monoisotopic (exact) mass is 249 g/mol. The summed E-state index contributed by atoms with van der Waals surface area (Å²) in [6.45, 7) is 0.635. The van der Waals surface area contributed by atoms with Crippen LogP contribution in [0.15, 0.2) is 59.3 Å². The van der Waals surface area contributed by atoms with Crippen molar-refractivity contribution in [2.24, 2.45) is 0 Å². The van der Waals surface area contributed by atoms with Gasteiger partial charge in [-0.15, -0.1) is 0 Å². The van der Waals surface area contributed by atoms with Crippen molar-refractivity contribution in [2.75, 3.05) is 0 Å². The molecule has 3 aromatic rings. The van der Waals surface area contributed by atoms with Gasteiger partial charge in [-0.3, -0.25) is 4.68 Å². The van der Waals surface area contributed by atoms with Gasteiger partial charge in [-0.2, -0.15) is 10.4 Å². The van der Waals surface area contributed by atoms with Crippen LogP contribution < -0.4 is 0 Å². The molecule has 2 heterocycles.